The van der Waals surface area contributed by atoms with Gasteiger partial charge in [-0.25, -0.2) is 9.97 Å². The van der Waals surface area contributed by atoms with Crippen molar-refractivity contribution in [2.75, 3.05) is 17.7 Å². The molecule has 106 valence electrons. The molecule has 0 aliphatic carbocycles. The van der Waals surface area contributed by atoms with E-state index >= 15 is 0 Å². The fourth-order valence-corrected chi connectivity index (χ4v) is 3.08. The average molecular weight is 363 g/mol. The van der Waals surface area contributed by atoms with E-state index in [1.54, 1.807) is 19.3 Å². The summed E-state index contributed by atoms with van der Waals surface area (Å²) in [6.07, 6.45) is 1.65. The summed E-state index contributed by atoms with van der Waals surface area (Å²) in [5.41, 5.74) is 0.351. The molecule has 2 N–H and O–H groups in total. The van der Waals surface area contributed by atoms with Crippen LogP contribution in [0.15, 0.2) is 40.3 Å². The van der Waals surface area contributed by atoms with Gasteiger partial charge in [0.25, 0.3) is 5.91 Å². The summed E-state index contributed by atoms with van der Waals surface area (Å²) in [7, 11) is 1.79. The molecule has 2 heterocycles. The quantitative estimate of drug-likeness (QED) is 0.744. The molecule has 7 heteroatoms. The lowest BCUT2D eigenvalue weighted by Gasteiger charge is -2.08. The fourth-order valence-electron chi connectivity index (χ4n) is 1.98. The van der Waals surface area contributed by atoms with Crippen LogP contribution in [0, 0.1) is 0 Å². The molecule has 0 aliphatic rings. The van der Waals surface area contributed by atoms with Gasteiger partial charge in [-0.15, -0.1) is 0 Å². The van der Waals surface area contributed by atoms with Gasteiger partial charge in [-0.05, 0) is 27.4 Å². The number of pyridine rings is 1. The summed E-state index contributed by atoms with van der Waals surface area (Å²) in [6, 6.07) is 9.57. The lowest BCUT2D eigenvalue weighted by atomic mass is 10.1. The third-order valence-electron chi connectivity index (χ3n) is 2.91. The standard InChI is InChI=1S/C14H11BrN4OS/c1-16-12-9-5-3-2-4-8(9)6-10(18-12)13(20)19-14-17-7-11(15)21-14/h2-7H,1H3,(H,16,18)(H,17,19,20). The number of hydrogen-bond acceptors (Lipinski definition) is 5. The highest BCUT2D eigenvalue weighted by Gasteiger charge is 2.13. The number of nitrogens with zero attached hydrogens (tertiary/aromatic N) is 2. The maximum absolute atomic E-state index is 12.3. The molecular formula is C14H11BrN4OS. The first-order valence-corrected chi connectivity index (χ1v) is 7.78. The van der Waals surface area contributed by atoms with E-state index in [9.17, 15) is 4.79 Å². The van der Waals surface area contributed by atoms with Crippen LogP contribution >= 0.6 is 27.3 Å². The van der Waals surface area contributed by atoms with Crippen LogP contribution in [-0.4, -0.2) is 22.9 Å². The Balaban J connectivity index is 1.98. The van der Waals surface area contributed by atoms with Crippen molar-refractivity contribution in [1.29, 1.82) is 0 Å². The second kappa shape index (κ2) is 5.79. The van der Waals surface area contributed by atoms with Gasteiger partial charge in [0.05, 0.1) is 9.98 Å². The van der Waals surface area contributed by atoms with Crippen LogP contribution in [0.2, 0.25) is 0 Å². The second-order valence-electron chi connectivity index (χ2n) is 4.25. The van der Waals surface area contributed by atoms with E-state index in [0.29, 0.717) is 16.6 Å². The van der Waals surface area contributed by atoms with Gasteiger partial charge in [-0.3, -0.25) is 10.1 Å². The Morgan fingerprint density at radius 2 is 2.14 bits per heavy atom. The molecule has 0 aliphatic heterocycles. The Kier molecular flexibility index (Phi) is 3.85. The van der Waals surface area contributed by atoms with Crippen molar-refractivity contribution in [2.45, 2.75) is 0 Å². The number of nitrogens with one attached hydrogen (secondary N) is 2. The van der Waals surface area contributed by atoms with Gasteiger partial charge in [0.2, 0.25) is 0 Å². The SMILES string of the molecule is CNc1nc(C(=O)Nc2ncc(Br)s2)cc2ccccc12. The van der Waals surface area contributed by atoms with Crippen LogP contribution in [-0.2, 0) is 0 Å². The molecular weight excluding hydrogens is 352 g/mol. The van der Waals surface area contributed by atoms with Gasteiger partial charge in [0.15, 0.2) is 5.13 Å². The Morgan fingerprint density at radius 3 is 2.86 bits per heavy atom. The number of benzene rings is 1. The number of carbonyl (C=O) groups excluding carboxylic acids is 1. The maximum Gasteiger partial charge on any atom is 0.276 e. The monoisotopic (exact) mass is 362 g/mol. The number of aromatic nitrogens is 2. The van der Waals surface area contributed by atoms with Crippen LogP contribution in [0.5, 0.6) is 0 Å². The van der Waals surface area contributed by atoms with Gasteiger partial charge in [-0.2, -0.15) is 0 Å². The lowest BCUT2D eigenvalue weighted by molar-refractivity contribution is 0.102. The lowest BCUT2D eigenvalue weighted by Crippen LogP contribution is -2.14. The van der Waals surface area contributed by atoms with Crippen molar-refractivity contribution in [2.24, 2.45) is 0 Å². The zero-order valence-electron chi connectivity index (χ0n) is 11.1. The number of amides is 1. The molecule has 0 unspecified atom stereocenters. The zero-order valence-corrected chi connectivity index (χ0v) is 13.5. The summed E-state index contributed by atoms with van der Waals surface area (Å²) in [5, 5.41) is 8.24. The molecule has 0 radical (unpaired) electrons. The van der Waals surface area contributed by atoms with Crippen molar-refractivity contribution in [3.8, 4) is 0 Å². The fraction of sp³-hybridized carbons (Fsp3) is 0.0714. The summed E-state index contributed by atoms with van der Waals surface area (Å²) in [4.78, 5) is 20.7. The van der Waals surface area contributed by atoms with Gasteiger partial charge in [0, 0.05) is 12.4 Å². The molecule has 3 rings (SSSR count). The van der Waals surface area contributed by atoms with Crippen molar-refractivity contribution in [3.63, 3.8) is 0 Å². The molecule has 0 saturated heterocycles. The predicted molar refractivity (Wildman–Crippen MR) is 89.1 cm³/mol. The van der Waals surface area contributed by atoms with Gasteiger partial charge >= 0.3 is 0 Å². The summed E-state index contributed by atoms with van der Waals surface area (Å²) in [5.74, 6) is 0.401. The minimum atomic E-state index is -0.279. The summed E-state index contributed by atoms with van der Waals surface area (Å²) < 4.78 is 0.861. The van der Waals surface area contributed by atoms with Crippen molar-refractivity contribution in [1.82, 2.24) is 9.97 Å². The van der Waals surface area contributed by atoms with Crippen LogP contribution < -0.4 is 10.6 Å². The van der Waals surface area contributed by atoms with Crippen molar-refractivity contribution >= 4 is 54.9 Å². The molecule has 0 saturated carbocycles. The Morgan fingerprint density at radius 1 is 1.33 bits per heavy atom. The normalized spacial score (nSPS) is 10.6. The van der Waals surface area contributed by atoms with Crippen LogP contribution in [0.1, 0.15) is 10.5 Å². The number of fused-ring (bicyclic) bond motifs is 1. The Labute approximate surface area is 133 Å². The number of thiazole rings is 1. The van der Waals surface area contributed by atoms with Crippen molar-refractivity contribution < 1.29 is 4.79 Å². The summed E-state index contributed by atoms with van der Waals surface area (Å²) in [6.45, 7) is 0. The largest absolute Gasteiger partial charge is 0.373 e. The first-order valence-electron chi connectivity index (χ1n) is 6.17. The van der Waals surface area contributed by atoms with Crippen LogP contribution in [0.3, 0.4) is 0 Å². The minimum Gasteiger partial charge on any atom is -0.373 e. The average Bonchev–Trinajstić information content (AvgIpc) is 2.91. The van der Waals surface area contributed by atoms with E-state index in [1.807, 2.05) is 24.3 Å². The first kappa shape index (κ1) is 14.0. The molecule has 21 heavy (non-hydrogen) atoms. The van der Waals surface area contributed by atoms with Gasteiger partial charge in [0.1, 0.15) is 11.5 Å². The third-order valence-corrected chi connectivity index (χ3v) is 4.30. The van der Waals surface area contributed by atoms with E-state index in [1.165, 1.54) is 11.3 Å². The molecule has 0 bridgehead atoms. The summed E-state index contributed by atoms with van der Waals surface area (Å²) >= 11 is 4.67. The van der Waals surface area contributed by atoms with Crippen molar-refractivity contribution in [3.05, 3.63) is 46.0 Å². The maximum atomic E-state index is 12.3. The highest BCUT2D eigenvalue weighted by Crippen LogP contribution is 2.25. The number of anilines is 2. The smallest absolute Gasteiger partial charge is 0.276 e. The van der Waals surface area contributed by atoms with E-state index in [-0.39, 0.29) is 5.91 Å². The third kappa shape index (κ3) is 2.88. The van der Waals surface area contributed by atoms with E-state index in [4.69, 9.17) is 0 Å². The number of hydrogen-bond donors (Lipinski definition) is 2. The highest BCUT2D eigenvalue weighted by atomic mass is 79.9. The topological polar surface area (TPSA) is 66.9 Å². The van der Waals surface area contributed by atoms with Crippen LogP contribution in [0.25, 0.3) is 10.8 Å². The zero-order chi connectivity index (χ0) is 14.8. The number of halogens is 1. The predicted octanol–water partition coefficient (Wildman–Crippen LogP) is 3.75. The molecule has 2 aromatic heterocycles. The van der Waals surface area contributed by atoms with E-state index in [0.717, 1.165) is 14.6 Å². The second-order valence-corrected chi connectivity index (χ2v) is 6.66. The van der Waals surface area contributed by atoms with E-state index < -0.39 is 0 Å². The van der Waals surface area contributed by atoms with Crippen LogP contribution in [0.4, 0.5) is 10.9 Å². The number of carbonyl (C=O) groups is 1. The van der Waals surface area contributed by atoms with E-state index in [2.05, 4.69) is 36.5 Å². The Bertz CT molecular complexity index is 818. The van der Waals surface area contributed by atoms with Gasteiger partial charge < -0.3 is 5.32 Å². The molecule has 0 fully saturated rings. The molecule has 0 atom stereocenters. The first-order chi connectivity index (χ1) is 10.2. The highest BCUT2D eigenvalue weighted by molar-refractivity contribution is 9.11. The molecule has 1 aromatic carbocycles. The molecule has 5 nitrogen and oxygen atoms in total. The minimum absolute atomic E-state index is 0.279. The Hall–Kier alpha value is -1.99. The van der Waals surface area contributed by atoms with Gasteiger partial charge in [-0.1, -0.05) is 35.6 Å². The number of rotatable bonds is 3. The molecule has 1 amide bonds. The molecule has 3 aromatic rings. The molecule has 0 spiro atoms.